The summed E-state index contributed by atoms with van der Waals surface area (Å²) in [6.07, 6.45) is 5.25. The van der Waals surface area contributed by atoms with Gasteiger partial charge in [-0.1, -0.05) is 34.8 Å². The Balaban J connectivity index is 1.50. The van der Waals surface area contributed by atoms with Crippen molar-refractivity contribution in [1.29, 1.82) is 0 Å². The van der Waals surface area contributed by atoms with Gasteiger partial charge in [0.1, 0.15) is 0 Å². The molecule has 0 radical (unpaired) electrons. The smallest absolute Gasteiger partial charge is 0.224 e. The number of carbonyl (C=O) groups is 1. The third-order valence-corrected chi connectivity index (χ3v) is 6.09. The molecular weight excluding hydrogens is 366 g/mol. The van der Waals surface area contributed by atoms with Crippen molar-refractivity contribution in [3.8, 4) is 0 Å². The highest BCUT2D eigenvalue weighted by Gasteiger charge is 2.38. The van der Waals surface area contributed by atoms with E-state index in [1.807, 2.05) is 13.0 Å². The predicted molar refractivity (Wildman–Crippen MR) is 102 cm³/mol. The van der Waals surface area contributed by atoms with Gasteiger partial charge in [-0.25, -0.2) is 0 Å². The van der Waals surface area contributed by atoms with Crippen LogP contribution in [0, 0.1) is 11.8 Å². The highest BCUT2D eigenvalue weighted by Crippen LogP contribution is 2.32. The molecule has 0 aromatic heterocycles. The van der Waals surface area contributed by atoms with Gasteiger partial charge in [0, 0.05) is 35.3 Å². The molecule has 0 bridgehead atoms. The third kappa shape index (κ3) is 4.12. The fourth-order valence-corrected chi connectivity index (χ4v) is 4.45. The van der Waals surface area contributed by atoms with Gasteiger partial charge in [0.2, 0.25) is 5.91 Å². The SMILES string of the molecule is CC1(N)CCCCC1C(=O)NCC1CCN(c2cccc(Br)c2)C1. The first-order valence-electron chi connectivity index (χ1n) is 9.03. The van der Waals surface area contributed by atoms with E-state index < -0.39 is 0 Å². The Bertz CT molecular complexity index is 590. The van der Waals surface area contributed by atoms with Gasteiger partial charge in [0.15, 0.2) is 0 Å². The first-order chi connectivity index (χ1) is 11.5. The normalized spacial score (nSPS) is 30.4. The molecule has 0 spiro atoms. The summed E-state index contributed by atoms with van der Waals surface area (Å²) in [5.41, 5.74) is 7.25. The molecule has 2 fully saturated rings. The van der Waals surface area contributed by atoms with E-state index in [0.29, 0.717) is 5.92 Å². The van der Waals surface area contributed by atoms with Crippen LogP contribution in [0.25, 0.3) is 0 Å². The summed E-state index contributed by atoms with van der Waals surface area (Å²) in [5, 5.41) is 3.18. The van der Waals surface area contributed by atoms with Crippen molar-refractivity contribution < 1.29 is 4.79 Å². The number of nitrogens with zero attached hydrogens (tertiary/aromatic N) is 1. The lowest BCUT2D eigenvalue weighted by Crippen LogP contribution is -2.53. The lowest BCUT2D eigenvalue weighted by Gasteiger charge is -2.37. The minimum Gasteiger partial charge on any atom is -0.371 e. The molecule has 3 N–H and O–H groups in total. The summed E-state index contributed by atoms with van der Waals surface area (Å²) in [4.78, 5) is 15.0. The van der Waals surface area contributed by atoms with Crippen molar-refractivity contribution in [2.24, 2.45) is 17.6 Å². The number of rotatable bonds is 4. The first kappa shape index (κ1) is 17.7. The van der Waals surface area contributed by atoms with Crippen LogP contribution < -0.4 is 16.0 Å². The van der Waals surface area contributed by atoms with Crippen LogP contribution >= 0.6 is 15.9 Å². The van der Waals surface area contributed by atoms with E-state index in [2.05, 4.69) is 44.3 Å². The molecule has 3 unspecified atom stereocenters. The minimum atomic E-state index is -0.347. The number of anilines is 1. The highest BCUT2D eigenvalue weighted by molar-refractivity contribution is 9.10. The Morgan fingerprint density at radius 2 is 2.25 bits per heavy atom. The highest BCUT2D eigenvalue weighted by atomic mass is 79.9. The molecule has 1 saturated carbocycles. The van der Waals surface area contributed by atoms with Crippen LogP contribution in [0.3, 0.4) is 0 Å². The second-order valence-corrected chi connectivity index (χ2v) is 8.55. The molecule has 2 aliphatic rings. The topological polar surface area (TPSA) is 58.4 Å². The Morgan fingerprint density at radius 1 is 1.42 bits per heavy atom. The van der Waals surface area contributed by atoms with Crippen LogP contribution in [0.5, 0.6) is 0 Å². The molecule has 1 aliphatic heterocycles. The van der Waals surface area contributed by atoms with Crippen LogP contribution in [0.15, 0.2) is 28.7 Å². The zero-order valence-corrected chi connectivity index (χ0v) is 16.0. The molecule has 1 aromatic carbocycles. The number of nitrogens with one attached hydrogen (secondary N) is 1. The Hall–Kier alpha value is -1.07. The van der Waals surface area contributed by atoms with Crippen LogP contribution in [0.4, 0.5) is 5.69 Å². The maximum absolute atomic E-state index is 12.6. The van der Waals surface area contributed by atoms with Gasteiger partial charge in [-0.05, 0) is 50.3 Å². The van der Waals surface area contributed by atoms with Gasteiger partial charge in [-0.2, -0.15) is 0 Å². The number of amides is 1. The summed E-state index contributed by atoms with van der Waals surface area (Å²) < 4.78 is 1.11. The van der Waals surface area contributed by atoms with Gasteiger partial charge in [-0.15, -0.1) is 0 Å². The third-order valence-electron chi connectivity index (χ3n) is 5.59. The number of nitrogens with two attached hydrogens (primary N) is 1. The number of carbonyl (C=O) groups excluding carboxylic acids is 1. The molecule has 1 aliphatic carbocycles. The maximum atomic E-state index is 12.6. The molecule has 3 atom stereocenters. The van der Waals surface area contributed by atoms with Crippen LogP contribution in [-0.2, 0) is 4.79 Å². The maximum Gasteiger partial charge on any atom is 0.224 e. The number of halogens is 1. The van der Waals surface area contributed by atoms with E-state index in [0.717, 1.165) is 56.2 Å². The Labute approximate surface area is 153 Å². The second kappa shape index (κ2) is 7.44. The number of benzene rings is 1. The summed E-state index contributed by atoms with van der Waals surface area (Å²) in [6, 6.07) is 8.42. The lowest BCUT2D eigenvalue weighted by molar-refractivity contribution is -0.128. The van der Waals surface area contributed by atoms with Crippen molar-refractivity contribution in [3.05, 3.63) is 28.7 Å². The van der Waals surface area contributed by atoms with Crippen molar-refractivity contribution in [2.45, 2.75) is 44.6 Å². The van der Waals surface area contributed by atoms with E-state index in [4.69, 9.17) is 5.73 Å². The Morgan fingerprint density at radius 3 is 3.00 bits per heavy atom. The average Bonchev–Trinajstić information content (AvgIpc) is 3.01. The zero-order valence-electron chi connectivity index (χ0n) is 14.4. The summed E-state index contributed by atoms with van der Waals surface area (Å²) in [6.45, 7) is 4.84. The van der Waals surface area contributed by atoms with Crippen molar-refractivity contribution in [3.63, 3.8) is 0 Å². The van der Waals surface area contributed by atoms with E-state index in [-0.39, 0.29) is 17.4 Å². The first-order valence-corrected chi connectivity index (χ1v) is 9.82. The lowest BCUT2D eigenvalue weighted by atomic mass is 9.74. The molecule has 4 nitrogen and oxygen atoms in total. The van der Waals surface area contributed by atoms with Gasteiger partial charge in [0.05, 0.1) is 5.92 Å². The molecular formula is C19H28BrN3O. The van der Waals surface area contributed by atoms with E-state index in [1.54, 1.807) is 0 Å². The van der Waals surface area contributed by atoms with Gasteiger partial charge in [0.25, 0.3) is 0 Å². The average molecular weight is 394 g/mol. The van der Waals surface area contributed by atoms with Gasteiger partial charge < -0.3 is 16.0 Å². The summed E-state index contributed by atoms with van der Waals surface area (Å²) >= 11 is 3.53. The monoisotopic (exact) mass is 393 g/mol. The van der Waals surface area contributed by atoms with Crippen LogP contribution in [0.1, 0.15) is 39.0 Å². The van der Waals surface area contributed by atoms with Gasteiger partial charge in [-0.3, -0.25) is 4.79 Å². The molecule has 3 rings (SSSR count). The number of hydrogen-bond donors (Lipinski definition) is 2. The second-order valence-electron chi connectivity index (χ2n) is 7.63. The fourth-order valence-electron chi connectivity index (χ4n) is 4.06. The van der Waals surface area contributed by atoms with Crippen LogP contribution in [-0.4, -0.2) is 31.1 Å². The van der Waals surface area contributed by atoms with Crippen molar-refractivity contribution >= 4 is 27.5 Å². The van der Waals surface area contributed by atoms with Crippen molar-refractivity contribution in [2.75, 3.05) is 24.5 Å². The van der Waals surface area contributed by atoms with Crippen molar-refractivity contribution in [1.82, 2.24) is 5.32 Å². The molecule has 1 amide bonds. The zero-order chi connectivity index (χ0) is 17.2. The van der Waals surface area contributed by atoms with E-state index >= 15 is 0 Å². The largest absolute Gasteiger partial charge is 0.371 e. The molecule has 1 heterocycles. The molecule has 132 valence electrons. The molecule has 1 saturated heterocycles. The molecule has 5 heteroatoms. The predicted octanol–water partition coefficient (Wildman–Crippen LogP) is 3.30. The number of hydrogen-bond acceptors (Lipinski definition) is 3. The molecule has 24 heavy (non-hydrogen) atoms. The van der Waals surface area contributed by atoms with Crippen LogP contribution in [0.2, 0.25) is 0 Å². The molecule has 1 aromatic rings. The standard InChI is InChI=1S/C19H28BrN3O/c1-19(21)9-3-2-7-17(19)18(24)22-12-14-8-10-23(13-14)16-6-4-5-15(20)11-16/h4-6,11,14,17H,2-3,7-10,12-13,21H2,1H3,(H,22,24). The summed E-state index contributed by atoms with van der Waals surface area (Å²) in [5.74, 6) is 0.634. The fraction of sp³-hybridized carbons (Fsp3) is 0.632. The van der Waals surface area contributed by atoms with Gasteiger partial charge >= 0.3 is 0 Å². The van der Waals surface area contributed by atoms with E-state index in [1.165, 1.54) is 5.69 Å². The summed E-state index contributed by atoms with van der Waals surface area (Å²) in [7, 11) is 0. The Kier molecular flexibility index (Phi) is 5.50. The minimum absolute atomic E-state index is 0.0335. The van der Waals surface area contributed by atoms with E-state index in [9.17, 15) is 4.79 Å². The quantitative estimate of drug-likeness (QED) is 0.824.